The summed E-state index contributed by atoms with van der Waals surface area (Å²) >= 11 is 5.77. The van der Waals surface area contributed by atoms with Crippen molar-refractivity contribution >= 4 is 29.3 Å². The van der Waals surface area contributed by atoms with E-state index in [1.165, 1.54) is 0 Å². The zero-order valence-electron chi connectivity index (χ0n) is 19.4. The lowest BCUT2D eigenvalue weighted by molar-refractivity contribution is -0.144. The molecule has 182 valence electrons. The Balaban J connectivity index is 1.23. The highest BCUT2D eigenvalue weighted by molar-refractivity contribution is 6.29. The summed E-state index contributed by atoms with van der Waals surface area (Å²) in [6.45, 7) is 6.15. The maximum Gasteiger partial charge on any atom is 0.334 e. The van der Waals surface area contributed by atoms with E-state index in [4.69, 9.17) is 25.8 Å². The van der Waals surface area contributed by atoms with Gasteiger partial charge in [-0.25, -0.2) is 9.78 Å². The van der Waals surface area contributed by atoms with E-state index in [-0.39, 0.29) is 54.9 Å². The minimum absolute atomic E-state index is 0.00694. The second-order valence-corrected chi connectivity index (χ2v) is 9.87. The first-order valence-electron chi connectivity index (χ1n) is 11.8. The lowest BCUT2D eigenvalue weighted by atomic mass is 9.84. The number of hydrogen-bond donors (Lipinski definition) is 0. The molecule has 8 heteroatoms. The molecule has 1 aliphatic carbocycles. The van der Waals surface area contributed by atoms with Crippen LogP contribution >= 0.6 is 11.6 Å². The van der Waals surface area contributed by atoms with Gasteiger partial charge in [0.1, 0.15) is 29.8 Å². The zero-order chi connectivity index (χ0) is 24.3. The minimum atomic E-state index is -0.390. The molecule has 3 aliphatic rings. The van der Waals surface area contributed by atoms with Crippen molar-refractivity contribution in [3.05, 3.63) is 52.8 Å². The van der Waals surface area contributed by atoms with Crippen molar-refractivity contribution in [3.8, 4) is 0 Å². The van der Waals surface area contributed by atoms with Gasteiger partial charge in [0, 0.05) is 30.5 Å². The van der Waals surface area contributed by atoms with E-state index < -0.39 is 5.97 Å². The zero-order valence-corrected chi connectivity index (χ0v) is 20.1. The van der Waals surface area contributed by atoms with Crippen LogP contribution in [0, 0.1) is 5.92 Å². The minimum Gasteiger partial charge on any atom is -0.461 e. The third-order valence-electron chi connectivity index (χ3n) is 6.95. The van der Waals surface area contributed by atoms with Crippen molar-refractivity contribution in [3.63, 3.8) is 0 Å². The number of esters is 2. The molecule has 2 saturated heterocycles. The molecule has 1 aromatic heterocycles. The monoisotopic (exact) mass is 487 g/mol. The normalized spacial score (nSPS) is 29.8. The van der Waals surface area contributed by atoms with Gasteiger partial charge in [0.2, 0.25) is 0 Å². The summed E-state index contributed by atoms with van der Waals surface area (Å²) in [6.07, 6.45) is 7.47. The van der Waals surface area contributed by atoms with Gasteiger partial charge in [-0.05, 0) is 56.2 Å². The largest absolute Gasteiger partial charge is 0.461 e. The van der Waals surface area contributed by atoms with Gasteiger partial charge in [0.15, 0.2) is 0 Å². The van der Waals surface area contributed by atoms with Gasteiger partial charge in [-0.1, -0.05) is 30.3 Å². The molecule has 2 fully saturated rings. The molecule has 0 unspecified atom stereocenters. The molecule has 2 aliphatic heterocycles. The van der Waals surface area contributed by atoms with E-state index in [9.17, 15) is 14.4 Å². The summed E-state index contributed by atoms with van der Waals surface area (Å²) in [5.74, 6) is -0.822. The van der Waals surface area contributed by atoms with Crippen molar-refractivity contribution < 1.29 is 28.6 Å². The van der Waals surface area contributed by atoms with E-state index >= 15 is 0 Å². The Kier molecular flexibility index (Phi) is 7.53. The number of allylic oxidation sites excluding steroid dienone is 1. The summed E-state index contributed by atoms with van der Waals surface area (Å²) in [6, 6.07) is 3.53. The van der Waals surface area contributed by atoms with E-state index in [1.807, 2.05) is 13.0 Å². The molecule has 7 nitrogen and oxygen atoms in total. The Hall–Kier alpha value is -2.51. The molecule has 0 spiro atoms. The molecule has 4 atom stereocenters. The number of rotatable bonds is 8. The molecule has 0 aromatic carbocycles. The highest BCUT2D eigenvalue weighted by atomic mass is 35.5. The maximum absolute atomic E-state index is 12.2. The molecule has 0 saturated carbocycles. The topological polar surface area (TPSA) is 95.1 Å². The fourth-order valence-electron chi connectivity index (χ4n) is 4.70. The highest BCUT2D eigenvalue weighted by Crippen LogP contribution is 2.49. The molecular weight excluding hydrogens is 458 g/mol. The van der Waals surface area contributed by atoms with Crippen LogP contribution in [0.4, 0.5) is 0 Å². The van der Waals surface area contributed by atoms with Crippen molar-refractivity contribution in [2.45, 2.75) is 76.1 Å². The standard InChI is InChI=1S/C26H30ClNO6/c1-16-20-10-6-18(4-3-13-26(2)24(34-26)23(20)33-25(16)31)15-32-22(30)12-9-19(29)8-5-17-7-11-21(27)28-14-17/h4,7,11,14,20,23-24H,1,3,5-6,8-10,12-13,15H2,2H3/b18-4+/t20-,23-,24-,26+/m0/s1. The number of aromatic nitrogens is 1. The van der Waals surface area contributed by atoms with Gasteiger partial charge in [-0.3, -0.25) is 9.59 Å². The predicted molar refractivity (Wildman–Crippen MR) is 125 cm³/mol. The van der Waals surface area contributed by atoms with E-state index in [2.05, 4.69) is 17.6 Å². The van der Waals surface area contributed by atoms with Gasteiger partial charge in [-0.15, -0.1) is 0 Å². The van der Waals surface area contributed by atoms with Crippen LogP contribution < -0.4 is 0 Å². The van der Waals surface area contributed by atoms with Crippen molar-refractivity contribution in [2.75, 3.05) is 6.61 Å². The first-order valence-corrected chi connectivity index (χ1v) is 12.2. The number of nitrogens with zero attached hydrogens (tertiary/aromatic N) is 1. The van der Waals surface area contributed by atoms with Crippen LogP contribution in [0.15, 0.2) is 42.1 Å². The molecule has 0 N–H and O–H groups in total. The van der Waals surface area contributed by atoms with Gasteiger partial charge < -0.3 is 14.2 Å². The summed E-state index contributed by atoms with van der Waals surface area (Å²) in [5, 5.41) is 0.414. The average Bonchev–Trinajstić information content (AvgIpc) is 3.40. The average molecular weight is 488 g/mol. The number of aryl methyl sites for hydroxylation is 1. The van der Waals surface area contributed by atoms with Crippen LogP contribution in [-0.4, -0.2) is 47.1 Å². The molecule has 3 heterocycles. The molecule has 4 rings (SSSR count). The van der Waals surface area contributed by atoms with Crippen molar-refractivity contribution in [1.82, 2.24) is 4.98 Å². The van der Waals surface area contributed by atoms with Gasteiger partial charge in [0.25, 0.3) is 0 Å². The first-order chi connectivity index (χ1) is 16.2. The van der Waals surface area contributed by atoms with Gasteiger partial charge in [-0.2, -0.15) is 0 Å². The number of fused-ring (bicyclic) bond motifs is 3. The highest BCUT2D eigenvalue weighted by Gasteiger charge is 2.61. The number of Topliss-reactive ketones (excluding diaryl/α,β-unsaturated/α-hetero) is 1. The molecule has 34 heavy (non-hydrogen) atoms. The lowest BCUT2D eigenvalue weighted by Gasteiger charge is -2.20. The predicted octanol–water partition coefficient (Wildman–Crippen LogP) is 4.32. The second kappa shape index (κ2) is 10.4. The number of carbonyl (C=O) groups is 3. The van der Waals surface area contributed by atoms with Crippen LogP contribution in [0.2, 0.25) is 5.15 Å². The molecule has 0 bridgehead atoms. The van der Waals surface area contributed by atoms with Gasteiger partial charge >= 0.3 is 11.9 Å². The van der Waals surface area contributed by atoms with E-state index in [0.29, 0.717) is 36.4 Å². The molecule has 1 aromatic rings. The van der Waals surface area contributed by atoms with Crippen molar-refractivity contribution in [1.29, 1.82) is 0 Å². The fourth-order valence-corrected chi connectivity index (χ4v) is 4.81. The van der Waals surface area contributed by atoms with Crippen molar-refractivity contribution in [2.24, 2.45) is 5.92 Å². The van der Waals surface area contributed by atoms with Crippen LogP contribution in [0.3, 0.4) is 0 Å². The summed E-state index contributed by atoms with van der Waals surface area (Å²) in [7, 11) is 0. The molecule has 0 radical (unpaired) electrons. The number of epoxide rings is 1. The Bertz CT molecular complexity index is 1000. The Morgan fingerprint density at radius 1 is 1.29 bits per heavy atom. The Morgan fingerprint density at radius 3 is 2.88 bits per heavy atom. The number of carbonyl (C=O) groups excluding carboxylic acids is 3. The summed E-state index contributed by atoms with van der Waals surface area (Å²) in [4.78, 5) is 40.5. The smallest absolute Gasteiger partial charge is 0.334 e. The van der Waals surface area contributed by atoms with Crippen LogP contribution in [0.1, 0.15) is 57.4 Å². The Morgan fingerprint density at radius 2 is 2.12 bits per heavy atom. The van der Waals surface area contributed by atoms with Crippen LogP contribution in [0.25, 0.3) is 0 Å². The summed E-state index contributed by atoms with van der Waals surface area (Å²) < 4.78 is 16.9. The van der Waals surface area contributed by atoms with Gasteiger partial charge in [0.05, 0.1) is 12.0 Å². The SMILES string of the molecule is C=C1C(=O)O[C@H]2[C@H]1CC/C(COC(=O)CCC(=O)CCc1ccc(Cl)nc1)=C\CC[C@@]1(C)O[C@@H]21. The summed E-state index contributed by atoms with van der Waals surface area (Å²) in [5.41, 5.74) is 2.13. The number of hydrogen-bond acceptors (Lipinski definition) is 7. The van der Waals surface area contributed by atoms with E-state index in [1.54, 1.807) is 12.3 Å². The number of pyridine rings is 1. The third kappa shape index (κ3) is 5.94. The number of ketones is 1. The fraction of sp³-hybridized carbons (Fsp3) is 0.538. The second-order valence-electron chi connectivity index (χ2n) is 9.48. The maximum atomic E-state index is 12.2. The quantitative estimate of drug-likeness (QED) is 0.177. The third-order valence-corrected chi connectivity index (χ3v) is 7.17. The van der Waals surface area contributed by atoms with E-state index in [0.717, 1.165) is 24.0 Å². The number of halogens is 1. The first kappa shape index (κ1) is 24.6. The molecule has 0 amide bonds. The van der Waals surface area contributed by atoms with Crippen LogP contribution in [-0.2, 0) is 35.0 Å². The Labute approximate surface area is 204 Å². The lowest BCUT2D eigenvalue weighted by Crippen LogP contribution is -2.29. The number of ether oxygens (including phenoxy) is 3. The molecular formula is C26H30ClNO6. The van der Waals surface area contributed by atoms with Crippen LogP contribution in [0.5, 0.6) is 0 Å².